The third-order valence-corrected chi connectivity index (χ3v) is 6.01. The number of aromatic amines is 1. The van der Waals surface area contributed by atoms with Gasteiger partial charge in [-0.3, -0.25) is 4.79 Å². The number of carbonyl (C=O) groups is 1. The van der Waals surface area contributed by atoms with E-state index in [1.807, 2.05) is 54.7 Å². The normalized spacial score (nSPS) is 11.0. The molecule has 0 radical (unpaired) electrons. The Labute approximate surface area is 211 Å². The van der Waals surface area contributed by atoms with Crippen molar-refractivity contribution in [1.82, 2.24) is 10.3 Å². The van der Waals surface area contributed by atoms with Gasteiger partial charge in [0.25, 0.3) is 5.91 Å². The van der Waals surface area contributed by atoms with Crippen LogP contribution in [-0.2, 0) is 17.8 Å². The molecule has 4 aromatic rings. The number of nitriles is 2. The molecule has 0 aliphatic heterocycles. The maximum Gasteiger partial charge on any atom is 0.261 e. The lowest BCUT2D eigenvalue weighted by molar-refractivity contribution is -0.117. The molecule has 0 aliphatic rings. The zero-order valence-electron chi connectivity index (χ0n) is 18.7. The molecule has 1 aromatic heterocycles. The van der Waals surface area contributed by atoms with Gasteiger partial charge in [-0.15, -0.1) is 0 Å². The average Bonchev–Trinajstić information content (AvgIpc) is 3.30. The summed E-state index contributed by atoms with van der Waals surface area (Å²) in [6.45, 7) is 0.581. The third-order valence-electron chi connectivity index (χ3n) is 5.51. The number of hydrogen-bond acceptors (Lipinski definition) is 4. The van der Waals surface area contributed by atoms with Crippen molar-refractivity contribution in [3.8, 4) is 17.9 Å². The average molecular weight is 525 g/mol. The number of para-hydroxylation sites is 1. The molecule has 35 heavy (non-hydrogen) atoms. The highest BCUT2D eigenvalue weighted by Gasteiger charge is 2.13. The van der Waals surface area contributed by atoms with Crippen molar-refractivity contribution in [3.05, 3.63) is 105 Å². The summed E-state index contributed by atoms with van der Waals surface area (Å²) >= 11 is 3.43. The summed E-state index contributed by atoms with van der Waals surface area (Å²) in [5.41, 5.74) is 3.99. The molecule has 0 atom stereocenters. The molecular formula is C28H21BrN4O2. The van der Waals surface area contributed by atoms with Crippen LogP contribution in [0.3, 0.4) is 0 Å². The second-order valence-corrected chi connectivity index (χ2v) is 8.69. The van der Waals surface area contributed by atoms with E-state index in [-0.39, 0.29) is 12.2 Å². The summed E-state index contributed by atoms with van der Waals surface area (Å²) in [6, 6.07) is 24.7. The molecule has 0 unspecified atom stereocenters. The number of rotatable bonds is 8. The van der Waals surface area contributed by atoms with Crippen LogP contribution >= 0.6 is 15.9 Å². The molecule has 4 rings (SSSR count). The Morgan fingerprint density at radius 1 is 1.06 bits per heavy atom. The Kier molecular flexibility index (Phi) is 7.62. The molecule has 0 bridgehead atoms. The number of halogens is 1. The largest absolute Gasteiger partial charge is 0.488 e. The minimum Gasteiger partial charge on any atom is -0.488 e. The highest BCUT2D eigenvalue weighted by Crippen LogP contribution is 2.27. The first-order valence-electron chi connectivity index (χ1n) is 10.9. The van der Waals surface area contributed by atoms with E-state index < -0.39 is 5.91 Å². The van der Waals surface area contributed by atoms with Gasteiger partial charge in [0.1, 0.15) is 24.0 Å². The zero-order valence-corrected chi connectivity index (χ0v) is 20.3. The summed E-state index contributed by atoms with van der Waals surface area (Å²) < 4.78 is 6.74. The first-order valence-corrected chi connectivity index (χ1v) is 11.7. The SMILES string of the molecule is N#C/C(=C/c1cc(Br)ccc1OCc1ccccc1C#N)C(=O)NCCc1c[nH]c2ccccc12. The lowest BCUT2D eigenvalue weighted by atomic mass is 10.1. The van der Waals surface area contributed by atoms with Crippen molar-refractivity contribution in [2.24, 2.45) is 0 Å². The Hall–Kier alpha value is -4.33. The predicted octanol–water partition coefficient (Wildman–Crippen LogP) is 5.65. The molecule has 6 nitrogen and oxygen atoms in total. The van der Waals surface area contributed by atoms with Gasteiger partial charge >= 0.3 is 0 Å². The van der Waals surface area contributed by atoms with Gasteiger partial charge < -0.3 is 15.0 Å². The summed E-state index contributed by atoms with van der Waals surface area (Å²) in [5.74, 6) is 0.0494. The summed E-state index contributed by atoms with van der Waals surface area (Å²) in [4.78, 5) is 16.0. The molecule has 7 heteroatoms. The highest BCUT2D eigenvalue weighted by molar-refractivity contribution is 9.10. The van der Waals surface area contributed by atoms with E-state index in [0.717, 1.165) is 26.5 Å². The fourth-order valence-electron chi connectivity index (χ4n) is 3.72. The van der Waals surface area contributed by atoms with E-state index in [4.69, 9.17) is 4.74 Å². The van der Waals surface area contributed by atoms with Gasteiger partial charge in [0.2, 0.25) is 0 Å². The number of nitrogens with zero attached hydrogens (tertiary/aromatic N) is 2. The number of benzene rings is 3. The van der Waals surface area contributed by atoms with Crippen molar-refractivity contribution in [3.63, 3.8) is 0 Å². The van der Waals surface area contributed by atoms with Gasteiger partial charge in [0, 0.05) is 39.2 Å². The number of amides is 1. The van der Waals surface area contributed by atoms with E-state index >= 15 is 0 Å². The summed E-state index contributed by atoms with van der Waals surface area (Å²) in [6.07, 6.45) is 4.09. The van der Waals surface area contributed by atoms with Gasteiger partial charge in [-0.05, 0) is 48.4 Å². The zero-order chi connectivity index (χ0) is 24.6. The van der Waals surface area contributed by atoms with Crippen LogP contribution in [0, 0.1) is 22.7 Å². The molecule has 1 heterocycles. The monoisotopic (exact) mass is 524 g/mol. The van der Waals surface area contributed by atoms with Crippen LogP contribution in [-0.4, -0.2) is 17.4 Å². The summed E-state index contributed by atoms with van der Waals surface area (Å²) in [7, 11) is 0. The van der Waals surface area contributed by atoms with Crippen molar-refractivity contribution >= 4 is 38.8 Å². The van der Waals surface area contributed by atoms with E-state index in [1.165, 1.54) is 6.08 Å². The van der Waals surface area contributed by atoms with Crippen molar-refractivity contribution < 1.29 is 9.53 Å². The maximum atomic E-state index is 12.7. The maximum absolute atomic E-state index is 12.7. The van der Waals surface area contributed by atoms with Crippen molar-refractivity contribution in [1.29, 1.82) is 10.5 Å². The molecule has 172 valence electrons. The second-order valence-electron chi connectivity index (χ2n) is 7.77. The Morgan fingerprint density at radius 3 is 2.69 bits per heavy atom. The topological polar surface area (TPSA) is 102 Å². The predicted molar refractivity (Wildman–Crippen MR) is 138 cm³/mol. The molecule has 1 amide bonds. The minimum absolute atomic E-state index is 0.0238. The Morgan fingerprint density at radius 2 is 1.86 bits per heavy atom. The number of ether oxygens (including phenoxy) is 1. The molecule has 0 saturated heterocycles. The lowest BCUT2D eigenvalue weighted by Crippen LogP contribution is -2.26. The molecule has 0 aliphatic carbocycles. The fraction of sp³-hybridized carbons (Fsp3) is 0.107. The smallest absolute Gasteiger partial charge is 0.261 e. The Bertz CT molecular complexity index is 1490. The standard InChI is InChI=1S/C28H21BrN4O2/c29-24-9-10-27(35-18-21-6-2-1-5-19(21)15-30)22(14-24)13-23(16-31)28(34)32-12-11-20-17-33-26-8-4-3-7-25(20)26/h1-10,13-14,17,33H,11-12,18H2,(H,32,34)/b23-13-. The molecule has 0 saturated carbocycles. The molecule has 0 spiro atoms. The Balaban J connectivity index is 1.46. The lowest BCUT2D eigenvalue weighted by Gasteiger charge is -2.11. The molecule has 2 N–H and O–H groups in total. The van der Waals surface area contributed by atoms with E-state index in [2.05, 4.69) is 32.3 Å². The van der Waals surface area contributed by atoms with Crippen molar-refractivity contribution in [2.75, 3.05) is 6.54 Å². The fourth-order valence-corrected chi connectivity index (χ4v) is 4.10. The van der Waals surface area contributed by atoms with Crippen LogP contribution in [0.4, 0.5) is 0 Å². The number of carbonyl (C=O) groups excluding carboxylic acids is 1. The van der Waals surface area contributed by atoms with Crippen LogP contribution in [0.15, 0.2) is 83.0 Å². The first kappa shape index (κ1) is 23.8. The summed E-state index contributed by atoms with van der Waals surface area (Å²) in [5, 5.41) is 22.9. The molecule has 3 aromatic carbocycles. The number of aromatic nitrogens is 1. The van der Waals surface area contributed by atoms with Crippen LogP contribution in [0.25, 0.3) is 17.0 Å². The van der Waals surface area contributed by atoms with Crippen LogP contribution in [0.2, 0.25) is 0 Å². The number of hydrogen-bond donors (Lipinski definition) is 2. The number of H-pyrrole nitrogens is 1. The number of nitrogens with one attached hydrogen (secondary N) is 2. The van der Waals surface area contributed by atoms with Gasteiger partial charge in [0.15, 0.2) is 0 Å². The van der Waals surface area contributed by atoms with E-state index in [1.54, 1.807) is 24.3 Å². The second kappa shape index (κ2) is 11.2. The van der Waals surface area contributed by atoms with Gasteiger partial charge in [-0.25, -0.2) is 0 Å². The van der Waals surface area contributed by atoms with Crippen molar-refractivity contribution in [2.45, 2.75) is 13.0 Å². The molecule has 0 fully saturated rings. The van der Waals surface area contributed by atoms with E-state index in [9.17, 15) is 15.3 Å². The van der Waals surface area contributed by atoms with Gasteiger partial charge in [0.05, 0.1) is 11.6 Å². The van der Waals surface area contributed by atoms with Crippen LogP contribution in [0.5, 0.6) is 5.75 Å². The molecular weight excluding hydrogens is 504 g/mol. The van der Waals surface area contributed by atoms with Gasteiger partial charge in [-0.2, -0.15) is 10.5 Å². The van der Waals surface area contributed by atoms with Crippen LogP contribution in [0.1, 0.15) is 22.3 Å². The quantitative estimate of drug-likeness (QED) is 0.229. The minimum atomic E-state index is -0.451. The third kappa shape index (κ3) is 5.78. The first-order chi connectivity index (χ1) is 17.1. The van der Waals surface area contributed by atoms with Gasteiger partial charge in [-0.1, -0.05) is 52.3 Å². The van der Waals surface area contributed by atoms with E-state index in [0.29, 0.717) is 29.8 Å². The number of fused-ring (bicyclic) bond motifs is 1. The highest BCUT2D eigenvalue weighted by atomic mass is 79.9. The van der Waals surface area contributed by atoms with Crippen LogP contribution < -0.4 is 10.1 Å².